The summed E-state index contributed by atoms with van der Waals surface area (Å²) in [5, 5.41) is 9.30. The molecule has 0 aromatic carbocycles. The number of rotatable bonds is 14. The topological polar surface area (TPSA) is 46.5 Å². The van der Waals surface area contributed by atoms with Crippen LogP contribution in [0, 0.1) is 0 Å². The fraction of sp³-hybridized carbons (Fsp3) is 0.952. The summed E-state index contributed by atoms with van der Waals surface area (Å²) in [7, 11) is -0.185. The Balaban J connectivity index is 2.78. The molecule has 0 bridgehead atoms. The van der Waals surface area contributed by atoms with Crippen molar-refractivity contribution in [2.24, 2.45) is 0 Å². The monoisotopic (exact) mass is 418 g/mol. The lowest BCUT2D eigenvalue weighted by atomic mass is 10.0. The standard InChI is InChI=1S/C21H44NO3SSi/c1-3-4-5-8-12-21(13-16-25-19-23)22(15-11-17-26-20(2)24)14-9-6-7-10-18-27-22/h21,23H,3-19,27H2,1-2H3/q+1. The van der Waals surface area contributed by atoms with Crippen LogP contribution < -0.4 is 0 Å². The number of aliphatic hydroxyl groups excluding tert-OH is 1. The molecule has 0 radical (unpaired) electrons. The second kappa shape index (κ2) is 16.0. The summed E-state index contributed by atoms with van der Waals surface area (Å²) in [5.41, 5.74) is 0. The lowest BCUT2D eigenvalue weighted by Gasteiger charge is -2.48. The van der Waals surface area contributed by atoms with Crippen LogP contribution >= 0.6 is 11.8 Å². The maximum Gasteiger partial charge on any atom is 0.255 e. The molecule has 1 heterocycles. The minimum absolute atomic E-state index is 0.158. The van der Waals surface area contributed by atoms with Gasteiger partial charge in [0.2, 0.25) is 0 Å². The summed E-state index contributed by atoms with van der Waals surface area (Å²) in [4.78, 5) is 11.3. The molecule has 1 rings (SSSR count). The van der Waals surface area contributed by atoms with Gasteiger partial charge < -0.3 is 14.0 Å². The van der Waals surface area contributed by atoms with E-state index in [1.807, 2.05) is 0 Å². The highest BCUT2D eigenvalue weighted by atomic mass is 32.2. The predicted molar refractivity (Wildman–Crippen MR) is 120 cm³/mol. The van der Waals surface area contributed by atoms with E-state index in [9.17, 15) is 4.79 Å². The van der Waals surface area contributed by atoms with E-state index in [0.29, 0.717) is 12.6 Å². The van der Waals surface area contributed by atoms with Gasteiger partial charge in [0, 0.05) is 25.5 Å². The molecule has 0 saturated carbocycles. The van der Waals surface area contributed by atoms with E-state index in [0.717, 1.165) is 18.6 Å². The van der Waals surface area contributed by atoms with Gasteiger partial charge in [0.05, 0.1) is 25.7 Å². The number of aliphatic hydroxyl groups is 1. The molecular formula is C21H44NO3SSi+. The fourth-order valence-corrected chi connectivity index (χ4v) is 8.04. The molecule has 1 aliphatic heterocycles. The van der Waals surface area contributed by atoms with Gasteiger partial charge in [-0.3, -0.25) is 4.79 Å². The summed E-state index contributed by atoms with van der Waals surface area (Å²) in [6.45, 7) is 7.08. The van der Waals surface area contributed by atoms with Gasteiger partial charge in [0.1, 0.15) is 6.79 Å². The molecule has 1 aliphatic rings. The van der Waals surface area contributed by atoms with Gasteiger partial charge in [0.25, 0.3) is 9.68 Å². The molecule has 0 aromatic heterocycles. The maximum atomic E-state index is 11.3. The lowest BCUT2D eigenvalue weighted by molar-refractivity contribution is -0.851. The van der Waals surface area contributed by atoms with Crippen LogP contribution in [0.25, 0.3) is 0 Å². The van der Waals surface area contributed by atoms with E-state index in [1.165, 1.54) is 92.8 Å². The van der Waals surface area contributed by atoms with E-state index in [-0.39, 0.29) is 21.6 Å². The van der Waals surface area contributed by atoms with Gasteiger partial charge in [-0.1, -0.05) is 50.8 Å². The van der Waals surface area contributed by atoms with Crippen molar-refractivity contribution in [2.45, 2.75) is 96.6 Å². The third-order valence-corrected chi connectivity index (χ3v) is 9.87. The Hall–Kier alpha value is 0.117. The Kier molecular flexibility index (Phi) is 14.9. The van der Waals surface area contributed by atoms with Crippen molar-refractivity contribution in [3.05, 3.63) is 0 Å². The quantitative estimate of drug-likeness (QED) is 0.260. The van der Waals surface area contributed by atoms with E-state index in [2.05, 4.69) is 6.92 Å². The van der Waals surface area contributed by atoms with Gasteiger partial charge in [-0.2, -0.15) is 0 Å². The molecular weight excluding hydrogens is 374 g/mol. The fourth-order valence-electron chi connectivity index (χ4n) is 4.64. The highest BCUT2D eigenvalue weighted by Crippen LogP contribution is 2.28. The third-order valence-electron chi connectivity index (χ3n) is 6.11. The normalized spacial score (nSPS) is 23.1. The summed E-state index contributed by atoms with van der Waals surface area (Å²) in [5.74, 6) is 0.972. The first-order valence-corrected chi connectivity index (χ1v) is 13.9. The SMILES string of the molecule is CCCCCCC(CCOCO)[N+]1(CCCSC(C)=O)CCCCCC[SiH2]1. The zero-order valence-corrected chi connectivity index (χ0v) is 20.2. The third kappa shape index (κ3) is 11.0. The molecule has 6 heteroatoms. The molecule has 0 spiro atoms. The molecule has 0 aromatic rings. The molecule has 2 unspecified atom stereocenters. The predicted octanol–water partition coefficient (Wildman–Crippen LogP) is 4.24. The van der Waals surface area contributed by atoms with Crippen LogP contribution in [0.15, 0.2) is 0 Å². The van der Waals surface area contributed by atoms with Crippen LogP contribution in [0.5, 0.6) is 0 Å². The smallest absolute Gasteiger partial charge is 0.255 e. The summed E-state index contributed by atoms with van der Waals surface area (Å²) < 4.78 is 6.71. The van der Waals surface area contributed by atoms with Crippen LogP contribution in [0.1, 0.15) is 84.5 Å². The first kappa shape index (κ1) is 25.2. The number of thioether (sulfide) groups is 1. The van der Waals surface area contributed by atoms with Crippen LogP contribution in [0.4, 0.5) is 0 Å². The van der Waals surface area contributed by atoms with Crippen molar-refractivity contribution in [1.82, 2.24) is 0 Å². The lowest BCUT2D eigenvalue weighted by Crippen LogP contribution is -2.59. The average molecular weight is 419 g/mol. The van der Waals surface area contributed by atoms with Crippen molar-refractivity contribution in [3.63, 3.8) is 0 Å². The van der Waals surface area contributed by atoms with E-state index < -0.39 is 0 Å². The molecule has 2 atom stereocenters. The number of unbranched alkanes of at least 4 members (excludes halogenated alkanes) is 3. The average Bonchev–Trinajstić information content (AvgIpc) is 2.62. The molecule has 160 valence electrons. The Morgan fingerprint density at radius 1 is 1.15 bits per heavy atom. The maximum absolute atomic E-state index is 11.3. The molecule has 1 N–H and O–H groups in total. The van der Waals surface area contributed by atoms with Gasteiger partial charge in [-0.15, -0.1) is 0 Å². The van der Waals surface area contributed by atoms with Crippen LogP contribution in [0.2, 0.25) is 6.04 Å². The van der Waals surface area contributed by atoms with Crippen LogP contribution in [-0.2, 0) is 9.53 Å². The first-order valence-electron chi connectivity index (χ1n) is 11.3. The minimum Gasteiger partial charge on any atom is -0.385 e. The summed E-state index contributed by atoms with van der Waals surface area (Å²) in [6, 6.07) is 2.16. The number of hydrogen-bond acceptors (Lipinski definition) is 4. The van der Waals surface area contributed by atoms with E-state index in [1.54, 1.807) is 6.92 Å². The van der Waals surface area contributed by atoms with Gasteiger partial charge >= 0.3 is 0 Å². The van der Waals surface area contributed by atoms with Crippen LogP contribution in [0.3, 0.4) is 0 Å². The zero-order chi connectivity index (χ0) is 19.8. The first-order chi connectivity index (χ1) is 13.1. The second-order valence-electron chi connectivity index (χ2n) is 8.18. The number of hydrogen-bond donors (Lipinski definition) is 1. The Morgan fingerprint density at radius 3 is 2.70 bits per heavy atom. The highest BCUT2D eigenvalue weighted by molar-refractivity contribution is 8.13. The van der Waals surface area contributed by atoms with Gasteiger partial charge in [-0.25, -0.2) is 0 Å². The second-order valence-corrected chi connectivity index (χ2v) is 11.9. The van der Waals surface area contributed by atoms with Gasteiger partial charge in [-0.05, 0) is 31.7 Å². The zero-order valence-electron chi connectivity index (χ0n) is 17.9. The number of ether oxygens (including phenoxy) is 1. The van der Waals surface area contributed by atoms with Crippen molar-refractivity contribution >= 4 is 26.6 Å². The van der Waals surface area contributed by atoms with Crippen LogP contribution in [-0.4, -0.2) is 62.3 Å². The largest absolute Gasteiger partial charge is 0.385 e. The summed E-state index contributed by atoms with van der Waals surface area (Å²) in [6.07, 6.45) is 14.4. The Morgan fingerprint density at radius 2 is 1.96 bits per heavy atom. The Bertz CT molecular complexity index is 376. The molecule has 1 fully saturated rings. The van der Waals surface area contributed by atoms with Gasteiger partial charge in [0.15, 0.2) is 5.12 Å². The molecule has 27 heavy (non-hydrogen) atoms. The molecule has 4 nitrogen and oxygen atoms in total. The van der Waals surface area contributed by atoms with Crippen molar-refractivity contribution in [3.8, 4) is 0 Å². The van der Waals surface area contributed by atoms with Crippen molar-refractivity contribution in [2.75, 3.05) is 32.2 Å². The molecule has 0 aliphatic carbocycles. The number of quaternary nitrogens is 1. The van der Waals surface area contributed by atoms with E-state index >= 15 is 0 Å². The van der Waals surface area contributed by atoms with Crippen molar-refractivity contribution < 1.29 is 18.8 Å². The number of carbonyl (C=O) groups excluding carboxylic acids is 1. The van der Waals surface area contributed by atoms with E-state index in [4.69, 9.17) is 9.84 Å². The number of carbonyl (C=O) groups is 1. The molecule has 1 saturated heterocycles. The number of nitrogens with zero attached hydrogens (tertiary/aromatic N) is 1. The minimum atomic E-state index is -0.185. The van der Waals surface area contributed by atoms with Crippen molar-refractivity contribution in [1.29, 1.82) is 0 Å². The Labute approximate surface area is 174 Å². The highest BCUT2D eigenvalue weighted by Gasteiger charge is 2.35. The molecule has 0 amide bonds. The summed E-state index contributed by atoms with van der Waals surface area (Å²) >= 11 is 1.49.